The maximum absolute atomic E-state index is 12.3. The van der Waals surface area contributed by atoms with Crippen molar-refractivity contribution in [3.8, 4) is 0 Å². The Kier molecular flexibility index (Phi) is 3.96. The summed E-state index contributed by atoms with van der Waals surface area (Å²) in [6.45, 7) is 1.44. The van der Waals surface area contributed by atoms with E-state index >= 15 is 0 Å². The Balaban J connectivity index is 3.07. The van der Waals surface area contributed by atoms with Crippen LogP contribution in [-0.2, 0) is 23.1 Å². The zero-order valence-electron chi connectivity index (χ0n) is 10.2. The standard InChI is InChI=1S/C9H16NO6P/c1-9(17(13,15-3)16-4)5-7(6-10(9)12)8(11)14-2/h6-7H,5H2,1-4H3/t7-,9-/m0/s1. The first kappa shape index (κ1) is 14.2. The smallest absolute Gasteiger partial charge is 0.401 e. The summed E-state index contributed by atoms with van der Waals surface area (Å²) in [7, 11) is 0.0259. The first-order valence-electron chi connectivity index (χ1n) is 4.95. The first-order chi connectivity index (χ1) is 7.84. The van der Waals surface area contributed by atoms with Gasteiger partial charge in [-0.25, -0.2) is 0 Å². The van der Waals surface area contributed by atoms with Crippen LogP contribution in [0.5, 0.6) is 0 Å². The van der Waals surface area contributed by atoms with Crippen molar-refractivity contribution in [1.29, 1.82) is 0 Å². The third kappa shape index (κ3) is 2.10. The molecular formula is C9H16NO6P. The molecular weight excluding hydrogens is 249 g/mol. The molecule has 0 saturated carbocycles. The highest BCUT2D eigenvalue weighted by molar-refractivity contribution is 7.55. The first-order valence-corrected chi connectivity index (χ1v) is 6.50. The van der Waals surface area contributed by atoms with Crippen LogP contribution in [0.1, 0.15) is 13.3 Å². The van der Waals surface area contributed by atoms with Gasteiger partial charge < -0.3 is 19.0 Å². The predicted molar refractivity (Wildman–Crippen MR) is 59.8 cm³/mol. The van der Waals surface area contributed by atoms with Gasteiger partial charge in [0.05, 0.1) is 7.11 Å². The molecule has 98 valence electrons. The van der Waals surface area contributed by atoms with Crippen molar-refractivity contribution in [3.05, 3.63) is 5.21 Å². The summed E-state index contributed by atoms with van der Waals surface area (Å²) in [5, 5.41) is 10.4. The van der Waals surface area contributed by atoms with Crippen molar-refractivity contribution < 1.29 is 27.9 Å². The third-order valence-electron chi connectivity index (χ3n) is 2.97. The Morgan fingerprint density at radius 1 is 1.47 bits per heavy atom. The van der Waals surface area contributed by atoms with Crippen molar-refractivity contribution in [1.82, 2.24) is 0 Å². The monoisotopic (exact) mass is 265 g/mol. The van der Waals surface area contributed by atoms with Crippen LogP contribution in [0.25, 0.3) is 0 Å². The quantitative estimate of drug-likeness (QED) is 0.325. The maximum Gasteiger partial charge on any atom is 0.401 e. The van der Waals surface area contributed by atoms with E-state index in [-0.39, 0.29) is 6.42 Å². The number of methoxy groups -OCH3 is 1. The Morgan fingerprint density at radius 2 is 2.00 bits per heavy atom. The Bertz CT molecular complexity index is 387. The summed E-state index contributed by atoms with van der Waals surface area (Å²) in [5.41, 5.74) is 0. The second kappa shape index (κ2) is 4.76. The molecule has 0 aliphatic carbocycles. The number of nitrogens with zero attached hydrogens (tertiary/aromatic N) is 1. The molecule has 0 aromatic rings. The number of carbonyl (C=O) groups excluding carboxylic acids is 1. The third-order valence-corrected chi connectivity index (χ3v) is 5.49. The number of hydrogen-bond acceptors (Lipinski definition) is 6. The molecule has 1 heterocycles. The maximum atomic E-state index is 12.3. The van der Waals surface area contributed by atoms with Crippen LogP contribution in [0.4, 0.5) is 0 Å². The van der Waals surface area contributed by atoms with E-state index in [0.29, 0.717) is 4.74 Å². The number of esters is 1. The van der Waals surface area contributed by atoms with Crippen LogP contribution < -0.4 is 0 Å². The predicted octanol–water partition coefficient (Wildman–Crippen LogP) is 0.962. The minimum absolute atomic E-state index is 0.0299. The molecule has 17 heavy (non-hydrogen) atoms. The lowest BCUT2D eigenvalue weighted by molar-refractivity contribution is -0.506. The molecule has 0 N–H and O–H groups in total. The normalized spacial score (nSPS) is 28.9. The van der Waals surface area contributed by atoms with Gasteiger partial charge in [0, 0.05) is 27.6 Å². The van der Waals surface area contributed by atoms with Gasteiger partial charge in [0.15, 0.2) is 6.21 Å². The number of carbonyl (C=O) groups is 1. The molecule has 0 saturated heterocycles. The number of hydrogen-bond donors (Lipinski definition) is 0. The van der Waals surface area contributed by atoms with E-state index in [1.54, 1.807) is 0 Å². The van der Waals surface area contributed by atoms with Crippen LogP contribution in [0.2, 0.25) is 0 Å². The molecule has 0 radical (unpaired) electrons. The molecule has 2 atom stereocenters. The Hall–Kier alpha value is -0.910. The molecule has 1 rings (SSSR count). The fraction of sp³-hybridized carbons (Fsp3) is 0.778. The molecule has 7 nitrogen and oxygen atoms in total. The largest absolute Gasteiger partial charge is 0.623 e. The second-order valence-corrected chi connectivity index (χ2v) is 6.58. The van der Waals surface area contributed by atoms with Crippen LogP contribution in [0.3, 0.4) is 0 Å². The molecule has 8 heteroatoms. The van der Waals surface area contributed by atoms with E-state index in [1.165, 1.54) is 28.3 Å². The lowest BCUT2D eigenvalue weighted by Crippen LogP contribution is -2.34. The van der Waals surface area contributed by atoms with Gasteiger partial charge in [-0.2, -0.15) is 4.74 Å². The summed E-state index contributed by atoms with van der Waals surface area (Å²) in [6.07, 6.45) is 1.17. The lowest BCUT2D eigenvalue weighted by Gasteiger charge is -2.28. The molecule has 0 bridgehead atoms. The van der Waals surface area contributed by atoms with Crippen LogP contribution in [0.15, 0.2) is 0 Å². The Labute approximate surface area is 99.5 Å². The molecule has 0 fully saturated rings. The van der Waals surface area contributed by atoms with Gasteiger partial charge in [0.2, 0.25) is 0 Å². The highest BCUT2D eigenvalue weighted by Gasteiger charge is 2.59. The summed E-state index contributed by atoms with van der Waals surface area (Å²) in [6, 6.07) is 0. The fourth-order valence-corrected chi connectivity index (χ4v) is 3.54. The summed E-state index contributed by atoms with van der Waals surface area (Å²) in [4.78, 5) is 11.4. The van der Waals surface area contributed by atoms with Gasteiger partial charge in [0.1, 0.15) is 5.92 Å². The molecule has 0 aromatic heterocycles. The molecule has 0 spiro atoms. The van der Waals surface area contributed by atoms with Gasteiger partial charge in [-0.3, -0.25) is 9.36 Å². The van der Waals surface area contributed by atoms with Crippen molar-refractivity contribution in [3.63, 3.8) is 0 Å². The molecule has 0 aromatic carbocycles. The van der Waals surface area contributed by atoms with Crippen molar-refractivity contribution in [2.45, 2.75) is 18.6 Å². The van der Waals surface area contributed by atoms with Gasteiger partial charge in [-0.15, -0.1) is 0 Å². The van der Waals surface area contributed by atoms with E-state index in [9.17, 15) is 14.6 Å². The van der Waals surface area contributed by atoms with Gasteiger partial charge >= 0.3 is 13.6 Å². The lowest BCUT2D eigenvalue weighted by atomic mass is 10.1. The van der Waals surface area contributed by atoms with Crippen LogP contribution in [-0.4, -0.2) is 43.5 Å². The fourth-order valence-electron chi connectivity index (χ4n) is 1.88. The summed E-state index contributed by atoms with van der Waals surface area (Å²) >= 11 is 0. The van der Waals surface area contributed by atoms with E-state index in [0.717, 1.165) is 6.21 Å². The van der Waals surface area contributed by atoms with Crippen molar-refractivity contribution >= 4 is 19.8 Å². The minimum atomic E-state index is -3.61. The molecule has 0 amide bonds. The zero-order chi connectivity index (χ0) is 13.3. The summed E-state index contributed by atoms with van der Waals surface area (Å²) < 4.78 is 26.9. The second-order valence-electron chi connectivity index (χ2n) is 3.89. The molecule has 1 aliphatic heterocycles. The number of ether oxygens (including phenoxy) is 1. The van der Waals surface area contributed by atoms with Gasteiger partial charge in [-0.05, 0) is 0 Å². The van der Waals surface area contributed by atoms with E-state index in [2.05, 4.69) is 4.74 Å². The SMILES string of the molecule is COC(=O)[C@@H]1C=[N+]([O-])[C@@](C)(P(=O)(OC)OC)C1. The Morgan fingerprint density at radius 3 is 2.41 bits per heavy atom. The van der Waals surface area contributed by atoms with Gasteiger partial charge in [-0.1, -0.05) is 0 Å². The molecule has 0 unspecified atom stereocenters. The summed E-state index contributed by atoms with van der Waals surface area (Å²) in [5.74, 6) is -1.28. The van der Waals surface area contributed by atoms with Crippen molar-refractivity contribution in [2.24, 2.45) is 5.92 Å². The number of rotatable bonds is 4. The highest BCUT2D eigenvalue weighted by Crippen LogP contribution is 2.62. The van der Waals surface area contributed by atoms with E-state index in [1.807, 2.05) is 0 Å². The van der Waals surface area contributed by atoms with Crippen molar-refractivity contribution in [2.75, 3.05) is 21.3 Å². The molecule has 1 aliphatic rings. The van der Waals surface area contributed by atoms with E-state index < -0.39 is 24.8 Å². The van der Waals surface area contributed by atoms with Crippen LogP contribution in [0, 0.1) is 11.1 Å². The minimum Gasteiger partial charge on any atom is -0.623 e. The average Bonchev–Trinajstić information content (AvgIpc) is 2.65. The topological polar surface area (TPSA) is 87.9 Å². The zero-order valence-corrected chi connectivity index (χ0v) is 11.1. The van der Waals surface area contributed by atoms with Crippen LogP contribution >= 0.6 is 7.60 Å². The van der Waals surface area contributed by atoms with E-state index in [4.69, 9.17) is 9.05 Å². The number of hydroxylamine groups is 1. The van der Waals surface area contributed by atoms with Gasteiger partial charge in [0.25, 0.3) is 5.28 Å². The average molecular weight is 265 g/mol. The highest BCUT2D eigenvalue weighted by atomic mass is 31.2.